The topological polar surface area (TPSA) is 15.3 Å². The van der Waals surface area contributed by atoms with Gasteiger partial charge in [-0.3, -0.25) is 0 Å². The number of hydrogen-bond donors (Lipinski definition) is 1. The van der Waals surface area contributed by atoms with Crippen LogP contribution in [0.3, 0.4) is 0 Å². The molecule has 0 aromatic rings. The standard InChI is InChI=1S/C10H20N2/c1-2-6-11-10(4-1)5-9-12-7-3-8-12/h10-11H,1-9H2. The smallest absolute Gasteiger partial charge is 0.00792 e. The van der Waals surface area contributed by atoms with E-state index < -0.39 is 0 Å². The first-order valence-electron chi connectivity index (χ1n) is 5.41. The normalized spacial score (nSPS) is 31.5. The lowest BCUT2D eigenvalue weighted by Crippen LogP contribution is -2.42. The predicted molar refractivity (Wildman–Crippen MR) is 51.3 cm³/mol. The summed E-state index contributed by atoms with van der Waals surface area (Å²) in [7, 11) is 0. The molecular weight excluding hydrogens is 148 g/mol. The van der Waals surface area contributed by atoms with Crippen molar-refractivity contribution in [1.82, 2.24) is 10.2 Å². The molecule has 2 nitrogen and oxygen atoms in total. The van der Waals surface area contributed by atoms with E-state index in [0.717, 1.165) is 6.04 Å². The lowest BCUT2D eigenvalue weighted by molar-refractivity contribution is 0.168. The molecule has 2 fully saturated rings. The van der Waals surface area contributed by atoms with Crippen molar-refractivity contribution < 1.29 is 0 Å². The highest BCUT2D eigenvalue weighted by molar-refractivity contribution is 4.76. The molecule has 0 saturated carbocycles. The average molecular weight is 168 g/mol. The van der Waals surface area contributed by atoms with Gasteiger partial charge in [-0.15, -0.1) is 0 Å². The van der Waals surface area contributed by atoms with Crippen LogP contribution in [0.25, 0.3) is 0 Å². The van der Waals surface area contributed by atoms with Gasteiger partial charge in [-0.05, 0) is 51.9 Å². The third kappa shape index (κ3) is 2.20. The summed E-state index contributed by atoms with van der Waals surface area (Å²) in [5, 5.41) is 3.60. The molecule has 2 aliphatic heterocycles. The molecule has 0 aromatic carbocycles. The van der Waals surface area contributed by atoms with Gasteiger partial charge >= 0.3 is 0 Å². The van der Waals surface area contributed by atoms with E-state index in [9.17, 15) is 0 Å². The first-order valence-corrected chi connectivity index (χ1v) is 5.41. The Balaban J connectivity index is 1.58. The minimum Gasteiger partial charge on any atom is -0.314 e. The van der Waals surface area contributed by atoms with Crippen LogP contribution < -0.4 is 5.32 Å². The van der Waals surface area contributed by atoms with Crippen LogP contribution in [0.4, 0.5) is 0 Å². The van der Waals surface area contributed by atoms with E-state index in [-0.39, 0.29) is 0 Å². The van der Waals surface area contributed by atoms with Gasteiger partial charge in [-0.25, -0.2) is 0 Å². The molecular formula is C10H20N2. The van der Waals surface area contributed by atoms with Gasteiger partial charge < -0.3 is 10.2 Å². The van der Waals surface area contributed by atoms with Crippen molar-refractivity contribution in [1.29, 1.82) is 0 Å². The van der Waals surface area contributed by atoms with Gasteiger partial charge in [-0.1, -0.05) is 6.42 Å². The maximum atomic E-state index is 3.60. The van der Waals surface area contributed by atoms with E-state index in [1.807, 2.05) is 0 Å². The van der Waals surface area contributed by atoms with Gasteiger partial charge in [-0.2, -0.15) is 0 Å². The number of hydrogen-bond acceptors (Lipinski definition) is 2. The highest BCUT2D eigenvalue weighted by Crippen LogP contribution is 2.13. The van der Waals surface area contributed by atoms with E-state index in [1.54, 1.807) is 0 Å². The summed E-state index contributed by atoms with van der Waals surface area (Å²) < 4.78 is 0. The number of rotatable bonds is 3. The molecule has 1 atom stereocenters. The Bertz CT molecular complexity index is 126. The Morgan fingerprint density at radius 3 is 2.67 bits per heavy atom. The van der Waals surface area contributed by atoms with Crippen LogP contribution in [0.15, 0.2) is 0 Å². The molecule has 2 heterocycles. The second-order valence-electron chi connectivity index (χ2n) is 4.13. The fraction of sp³-hybridized carbons (Fsp3) is 1.00. The molecule has 0 bridgehead atoms. The Labute approximate surface area is 75.3 Å². The van der Waals surface area contributed by atoms with Crippen molar-refractivity contribution >= 4 is 0 Å². The Kier molecular flexibility index (Phi) is 3.01. The zero-order valence-electron chi connectivity index (χ0n) is 7.89. The van der Waals surface area contributed by atoms with Crippen LogP contribution >= 0.6 is 0 Å². The van der Waals surface area contributed by atoms with E-state index in [2.05, 4.69) is 10.2 Å². The predicted octanol–water partition coefficient (Wildman–Crippen LogP) is 1.22. The minimum absolute atomic E-state index is 0.833. The van der Waals surface area contributed by atoms with Crippen molar-refractivity contribution in [2.75, 3.05) is 26.2 Å². The zero-order chi connectivity index (χ0) is 8.23. The maximum Gasteiger partial charge on any atom is 0.00792 e. The summed E-state index contributed by atoms with van der Waals surface area (Å²) in [6, 6.07) is 0.833. The summed E-state index contributed by atoms with van der Waals surface area (Å²) in [4.78, 5) is 2.57. The second kappa shape index (κ2) is 4.24. The molecule has 2 saturated heterocycles. The third-order valence-corrected chi connectivity index (χ3v) is 3.15. The van der Waals surface area contributed by atoms with Crippen LogP contribution in [0.1, 0.15) is 32.1 Å². The van der Waals surface area contributed by atoms with Crippen LogP contribution in [-0.4, -0.2) is 37.1 Å². The highest BCUT2D eigenvalue weighted by Gasteiger charge is 2.17. The molecule has 0 radical (unpaired) electrons. The lowest BCUT2D eigenvalue weighted by atomic mass is 10.0. The lowest BCUT2D eigenvalue weighted by Gasteiger charge is -2.33. The average Bonchev–Trinajstić information content (AvgIpc) is 2.04. The van der Waals surface area contributed by atoms with Gasteiger partial charge in [0.15, 0.2) is 0 Å². The van der Waals surface area contributed by atoms with Gasteiger partial charge in [0.1, 0.15) is 0 Å². The minimum atomic E-state index is 0.833. The van der Waals surface area contributed by atoms with Crippen molar-refractivity contribution in [3.05, 3.63) is 0 Å². The Morgan fingerprint density at radius 1 is 1.17 bits per heavy atom. The number of nitrogens with one attached hydrogen (secondary N) is 1. The van der Waals surface area contributed by atoms with E-state index in [1.165, 1.54) is 58.3 Å². The van der Waals surface area contributed by atoms with Gasteiger partial charge in [0.2, 0.25) is 0 Å². The molecule has 1 unspecified atom stereocenters. The van der Waals surface area contributed by atoms with Gasteiger partial charge in [0.25, 0.3) is 0 Å². The number of piperidine rings is 1. The second-order valence-corrected chi connectivity index (χ2v) is 4.13. The molecule has 0 aliphatic carbocycles. The van der Waals surface area contributed by atoms with Crippen molar-refractivity contribution in [3.8, 4) is 0 Å². The van der Waals surface area contributed by atoms with Crippen molar-refractivity contribution in [3.63, 3.8) is 0 Å². The van der Waals surface area contributed by atoms with Crippen LogP contribution in [-0.2, 0) is 0 Å². The number of nitrogens with zero attached hydrogens (tertiary/aromatic N) is 1. The third-order valence-electron chi connectivity index (χ3n) is 3.15. The maximum absolute atomic E-state index is 3.60. The van der Waals surface area contributed by atoms with Crippen molar-refractivity contribution in [2.45, 2.75) is 38.1 Å². The Hall–Kier alpha value is -0.0800. The zero-order valence-corrected chi connectivity index (χ0v) is 7.89. The van der Waals surface area contributed by atoms with Crippen LogP contribution in [0.5, 0.6) is 0 Å². The molecule has 2 rings (SSSR count). The highest BCUT2D eigenvalue weighted by atomic mass is 15.2. The first-order chi connectivity index (χ1) is 5.95. The summed E-state index contributed by atoms with van der Waals surface area (Å²) in [5.74, 6) is 0. The SMILES string of the molecule is C1CCC(CCN2CCC2)NC1. The summed E-state index contributed by atoms with van der Waals surface area (Å²) in [5.41, 5.74) is 0. The largest absolute Gasteiger partial charge is 0.314 e. The van der Waals surface area contributed by atoms with Gasteiger partial charge in [0, 0.05) is 6.04 Å². The van der Waals surface area contributed by atoms with Crippen LogP contribution in [0, 0.1) is 0 Å². The summed E-state index contributed by atoms with van der Waals surface area (Å²) in [6.45, 7) is 5.29. The molecule has 1 N–H and O–H groups in total. The fourth-order valence-corrected chi connectivity index (χ4v) is 2.11. The Morgan fingerprint density at radius 2 is 2.08 bits per heavy atom. The molecule has 70 valence electrons. The van der Waals surface area contributed by atoms with E-state index in [4.69, 9.17) is 0 Å². The molecule has 0 amide bonds. The molecule has 12 heavy (non-hydrogen) atoms. The quantitative estimate of drug-likeness (QED) is 0.681. The van der Waals surface area contributed by atoms with E-state index >= 15 is 0 Å². The molecule has 0 spiro atoms. The first kappa shape index (κ1) is 8.52. The van der Waals surface area contributed by atoms with Crippen molar-refractivity contribution in [2.24, 2.45) is 0 Å². The summed E-state index contributed by atoms with van der Waals surface area (Å²) >= 11 is 0. The summed E-state index contributed by atoms with van der Waals surface area (Å²) in [6.07, 6.45) is 7.05. The monoisotopic (exact) mass is 168 g/mol. The fourth-order valence-electron chi connectivity index (χ4n) is 2.11. The molecule has 2 heteroatoms. The van der Waals surface area contributed by atoms with Crippen LogP contribution in [0.2, 0.25) is 0 Å². The molecule has 2 aliphatic rings. The van der Waals surface area contributed by atoms with Gasteiger partial charge in [0.05, 0.1) is 0 Å². The van der Waals surface area contributed by atoms with E-state index in [0.29, 0.717) is 0 Å². The number of likely N-dealkylation sites (tertiary alicyclic amines) is 1. The molecule has 0 aromatic heterocycles.